The predicted octanol–water partition coefficient (Wildman–Crippen LogP) is 2.03. The molecule has 128 valence electrons. The van der Waals surface area contributed by atoms with Crippen LogP contribution in [0.1, 0.15) is 36.7 Å². The number of non-ortho nitro benzene ring substituents is 1. The zero-order chi connectivity index (χ0) is 17.5. The van der Waals surface area contributed by atoms with Crippen molar-refractivity contribution in [2.75, 3.05) is 6.54 Å². The number of hydrogen-bond acceptors (Lipinski definition) is 5. The van der Waals surface area contributed by atoms with Crippen molar-refractivity contribution in [1.29, 1.82) is 0 Å². The summed E-state index contributed by atoms with van der Waals surface area (Å²) >= 11 is 0. The maximum atomic E-state index is 12.2. The number of hydrogen-bond donors (Lipinski definition) is 2. The fourth-order valence-electron chi connectivity index (χ4n) is 2.27. The van der Waals surface area contributed by atoms with Crippen LogP contribution in [0.2, 0.25) is 0 Å². The Kier molecular flexibility index (Phi) is 6.02. The first kappa shape index (κ1) is 17.6. The van der Waals surface area contributed by atoms with Gasteiger partial charge in [-0.1, -0.05) is 19.8 Å². The molecule has 1 aromatic carbocycles. The average Bonchev–Trinajstić information content (AvgIpc) is 3.08. The summed E-state index contributed by atoms with van der Waals surface area (Å²) in [7, 11) is 0. The second-order valence-corrected chi connectivity index (χ2v) is 5.47. The van der Waals surface area contributed by atoms with Gasteiger partial charge in [-0.2, -0.15) is 5.10 Å². The summed E-state index contributed by atoms with van der Waals surface area (Å²) in [5.74, 6) is -0.276. The third-order valence-corrected chi connectivity index (χ3v) is 3.67. The number of nitrogens with two attached hydrogens (primary N) is 1. The Labute approximate surface area is 139 Å². The van der Waals surface area contributed by atoms with Gasteiger partial charge >= 0.3 is 0 Å². The van der Waals surface area contributed by atoms with E-state index in [1.54, 1.807) is 24.4 Å². The van der Waals surface area contributed by atoms with E-state index in [0.717, 1.165) is 19.3 Å². The zero-order valence-electron chi connectivity index (χ0n) is 13.5. The number of amides is 1. The van der Waals surface area contributed by atoms with Crippen LogP contribution in [0.3, 0.4) is 0 Å². The van der Waals surface area contributed by atoms with E-state index in [-0.39, 0.29) is 23.3 Å². The van der Waals surface area contributed by atoms with Gasteiger partial charge in [0.05, 0.1) is 10.6 Å². The van der Waals surface area contributed by atoms with Crippen LogP contribution in [0, 0.1) is 10.1 Å². The molecule has 0 bridgehead atoms. The third kappa shape index (κ3) is 4.39. The molecular weight excluding hydrogens is 310 g/mol. The van der Waals surface area contributed by atoms with Gasteiger partial charge in [0, 0.05) is 30.9 Å². The molecule has 8 nitrogen and oxygen atoms in total. The first-order chi connectivity index (χ1) is 11.5. The van der Waals surface area contributed by atoms with E-state index in [2.05, 4.69) is 17.3 Å². The van der Waals surface area contributed by atoms with Gasteiger partial charge in [0.1, 0.15) is 0 Å². The summed E-state index contributed by atoms with van der Waals surface area (Å²) in [6.45, 7) is 2.47. The van der Waals surface area contributed by atoms with Crippen LogP contribution < -0.4 is 11.1 Å². The highest BCUT2D eigenvalue weighted by molar-refractivity contribution is 5.92. The summed E-state index contributed by atoms with van der Waals surface area (Å²) in [4.78, 5) is 22.4. The number of nitro groups is 1. The van der Waals surface area contributed by atoms with Gasteiger partial charge in [0.15, 0.2) is 5.69 Å². The van der Waals surface area contributed by atoms with Crippen molar-refractivity contribution in [3.63, 3.8) is 0 Å². The van der Waals surface area contributed by atoms with Crippen molar-refractivity contribution < 1.29 is 9.72 Å². The van der Waals surface area contributed by atoms with Crippen molar-refractivity contribution >= 4 is 11.6 Å². The fraction of sp³-hybridized carbons (Fsp3) is 0.375. The molecule has 0 saturated carbocycles. The second kappa shape index (κ2) is 8.21. The number of carbonyl (C=O) groups is 1. The van der Waals surface area contributed by atoms with Gasteiger partial charge in [0.2, 0.25) is 0 Å². The topological polar surface area (TPSA) is 116 Å². The van der Waals surface area contributed by atoms with E-state index in [4.69, 9.17) is 5.73 Å². The molecule has 3 N–H and O–H groups in total. The van der Waals surface area contributed by atoms with Gasteiger partial charge < -0.3 is 11.1 Å². The molecule has 0 aliphatic carbocycles. The number of nitrogens with one attached hydrogen (secondary N) is 1. The molecule has 0 aliphatic rings. The van der Waals surface area contributed by atoms with E-state index in [9.17, 15) is 14.9 Å². The lowest BCUT2D eigenvalue weighted by molar-refractivity contribution is -0.384. The molecule has 2 rings (SSSR count). The zero-order valence-corrected chi connectivity index (χ0v) is 13.5. The summed E-state index contributed by atoms with van der Waals surface area (Å²) in [6, 6.07) is 7.48. The van der Waals surface area contributed by atoms with E-state index in [0.29, 0.717) is 12.2 Å². The Hall–Kier alpha value is -2.74. The highest BCUT2D eigenvalue weighted by Gasteiger charge is 2.15. The summed E-state index contributed by atoms with van der Waals surface area (Å²) in [5, 5.41) is 17.8. The van der Waals surface area contributed by atoms with Gasteiger partial charge in [-0.15, -0.1) is 0 Å². The molecule has 0 fully saturated rings. The molecule has 1 amide bonds. The minimum absolute atomic E-state index is 0.00517. The Morgan fingerprint density at radius 1 is 1.38 bits per heavy atom. The minimum atomic E-state index is -0.463. The first-order valence-electron chi connectivity index (χ1n) is 7.86. The van der Waals surface area contributed by atoms with Gasteiger partial charge in [-0.3, -0.25) is 14.9 Å². The molecule has 2 aromatic rings. The van der Waals surface area contributed by atoms with Crippen LogP contribution in [0.5, 0.6) is 0 Å². The molecule has 8 heteroatoms. The monoisotopic (exact) mass is 331 g/mol. The molecule has 1 atom stereocenters. The predicted molar refractivity (Wildman–Crippen MR) is 90.1 cm³/mol. The molecule has 0 saturated heterocycles. The van der Waals surface area contributed by atoms with Crippen LogP contribution in [0.4, 0.5) is 5.69 Å². The quantitative estimate of drug-likeness (QED) is 0.567. The Bertz CT molecular complexity index is 696. The first-order valence-corrected chi connectivity index (χ1v) is 7.86. The summed E-state index contributed by atoms with van der Waals surface area (Å²) < 4.78 is 1.50. The molecule has 0 spiro atoms. The van der Waals surface area contributed by atoms with Crippen molar-refractivity contribution in [2.24, 2.45) is 5.73 Å². The number of rotatable bonds is 8. The molecule has 1 heterocycles. The molecular formula is C16H21N5O3. The Morgan fingerprint density at radius 3 is 2.67 bits per heavy atom. The van der Waals surface area contributed by atoms with Crippen LogP contribution in [0.15, 0.2) is 36.5 Å². The highest BCUT2D eigenvalue weighted by Crippen LogP contribution is 2.15. The fourth-order valence-corrected chi connectivity index (χ4v) is 2.27. The van der Waals surface area contributed by atoms with Crippen LogP contribution in [-0.2, 0) is 0 Å². The van der Waals surface area contributed by atoms with Gasteiger partial charge in [0.25, 0.3) is 11.6 Å². The van der Waals surface area contributed by atoms with Crippen molar-refractivity contribution in [3.8, 4) is 5.69 Å². The maximum Gasteiger partial charge on any atom is 0.272 e. The summed E-state index contributed by atoms with van der Waals surface area (Å²) in [5.41, 5.74) is 6.61. The minimum Gasteiger partial charge on any atom is -0.347 e. The Balaban J connectivity index is 2.06. The standard InChI is InChI=1S/C16H21N5O3/c1-2-3-4-12(11-17)18-16(22)15-9-10-20(19-15)13-5-7-14(8-6-13)21(23)24/h5-10,12H,2-4,11,17H2,1H3,(H,18,22). The van der Waals surface area contributed by atoms with Gasteiger partial charge in [-0.05, 0) is 24.6 Å². The number of carbonyl (C=O) groups excluding carboxylic acids is 1. The summed E-state index contributed by atoms with van der Waals surface area (Å²) in [6.07, 6.45) is 4.52. The van der Waals surface area contributed by atoms with Crippen molar-refractivity contribution in [3.05, 3.63) is 52.3 Å². The van der Waals surface area contributed by atoms with Gasteiger partial charge in [-0.25, -0.2) is 4.68 Å². The molecule has 1 aromatic heterocycles. The van der Waals surface area contributed by atoms with E-state index < -0.39 is 4.92 Å². The normalized spacial score (nSPS) is 11.9. The highest BCUT2D eigenvalue weighted by atomic mass is 16.6. The number of nitrogens with zero attached hydrogens (tertiary/aromatic N) is 3. The molecule has 24 heavy (non-hydrogen) atoms. The smallest absolute Gasteiger partial charge is 0.272 e. The van der Waals surface area contributed by atoms with Crippen molar-refractivity contribution in [2.45, 2.75) is 32.2 Å². The molecule has 0 aliphatic heterocycles. The largest absolute Gasteiger partial charge is 0.347 e. The number of nitro benzene ring substituents is 1. The van der Waals surface area contributed by atoms with Crippen LogP contribution in [0.25, 0.3) is 5.69 Å². The van der Waals surface area contributed by atoms with Crippen molar-refractivity contribution in [1.82, 2.24) is 15.1 Å². The van der Waals surface area contributed by atoms with Crippen LogP contribution in [-0.4, -0.2) is 33.2 Å². The number of unbranched alkanes of at least 4 members (excludes halogenated alkanes) is 1. The average molecular weight is 331 g/mol. The Morgan fingerprint density at radius 2 is 2.08 bits per heavy atom. The lowest BCUT2D eigenvalue weighted by Gasteiger charge is -2.15. The SMILES string of the molecule is CCCCC(CN)NC(=O)c1ccn(-c2ccc([N+](=O)[O-])cc2)n1. The molecule has 1 unspecified atom stereocenters. The second-order valence-electron chi connectivity index (χ2n) is 5.47. The lowest BCUT2D eigenvalue weighted by Crippen LogP contribution is -2.40. The maximum absolute atomic E-state index is 12.2. The number of aromatic nitrogens is 2. The number of benzene rings is 1. The molecule has 0 radical (unpaired) electrons. The third-order valence-electron chi connectivity index (χ3n) is 3.67. The van der Waals surface area contributed by atoms with E-state index >= 15 is 0 Å². The van der Waals surface area contributed by atoms with E-state index in [1.807, 2.05) is 0 Å². The van der Waals surface area contributed by atoms with E-state index in [1.165, 1.54) is 16.8 Å². The lowest BCUT2D eigenvalue weighted by atomic mass is 10.1. The van der Waals surface area contributed by atoms with Crippen LogP contribution >= 0.6 is 0 Å².